The Hall–Kier alpha value is -2.38. The van der Waals surface area contributed by atoms with Crippen LogP contribution < -0.4 is 10.1 Å². The summed E-state index contributed by atoms with van der Waals surface area (Å²) >= 11 is 0. The predicted octanol–water partition coefficient (Wildman–Crippen LogP) is 1.61. The number of anilines is 1. The second-order valence-electron chi connectivity index (χ2n) is 6.75. The Bertz CT molecular complexity index is 783. The van der Waals surface area contributed by atoms with Gasteiger partial charge in [0.15, 0.2) is 5.82 Å². The molecule has 2 aliphatic heterocycles. The van der Waals surface area contributed by atoms with E-state index in [0.717, 1.165) is 49.7 Å². The van der Waals surface area contributed by atoms with Crippen LogP contribution in [0.3, 0.4) is 0 Å². The highest BCUT2D eigenvalue weighted by atomic mass is 16.5. The zero-order valence-electron chi connectivity index (χ0n) is 15.0. The third-order valence-corrected chi connectivity index (χ3v) is 4.94. The molecule has 0 spiro atoms. The lowest BCUT2D eigenvalue weighted by molar-refractivity contribution is -0.116. The average molecular weight is 356 g/mol. The van der Waals surface area contributed by atoms with Crippen LogP contribution in [0.4, 0.5) is 5.82 Å². The zero-order valence-corrected chi connectivity index (χ0v) is 15.0. The standard InChI is InChI=1S/C19H24N4O3/c1-22-13-16-15(12-18(24)20-19(16)21-22)14-4-2-3-5-17(14)26-11-8-23-6-9-25-10-7-23/h2-5,13,15H,6-12H2,1H3,(H,20,21,24). The van der Waals surface area contributed by atoms with Crippen molar-refractivity contribution in [2.45, 2.75) is 12.3 Å². The monoisotopic (exact) mass is 356 g/mol. The minimum absolute atomic E-state index is 0.00989. The summed E-state index contributed by atoms with van der Waals surface area (Å²) in [6, 6.07) is 7.99. The number of fused-ring (bicyclic) bond motifs is 1. The first kappa shape index (κ1) is 17.1. The number of nitrogens with one attached hydrogen (secondary N) is 1. The molecular weight excluding hydrogens is 332 g/mol. The quantitative estimate of drug-likeness (QED) is 0.881. The molecule has 1 fully saturated rings. The van der Waals surface area contributed by atoms with Crippen LogP contribution in [0.25, 0.3) is 0 Å². The predicted molar refractivity (Wildman–Crippen MR) is 97.5 cm³/mol. The van der Waals surface area contributed by atoms with Crippen LogP contribution >= 0.6 is 0 Å². The molecule has 138 valence electrons. The van der Waals surface area contributed by atoms with Crippen molar-refractivity contribution in [1.82, 2.24) is 14.7 Å². The van der Waals surface area contributed by atoms with Gasteiger partial charge in [0, 0.05) is 56.3 Å². The summed E-state index contributed by atoms with van der Waals surface area (Å²) in [4.78, 5) is 14.5. The van der Waals surface area contributed by atoms with Crippen molar-refractivity contribution in [3.05, 3.63) is 41.6 Å². The first-order valence-corrected chi connectivity index (χ1v) is 9.06. The van der Waals surface area contributed by atoms with Crippen LogP contribution in [-0.4, -0.2) is 60.0 Å². The Morgan fingerprint density at radius 1 is 1.27 bits per heavy atom. The summed E-state index contributed by atoms with van der Waals surface area (Å²) in [6.07, 6.45) is 2.38. The van der Waals surface area contributed by atoms with Crippen molar-refractivity contribution < 1.29 is 14.3 Å². The lowest BCUT2D eigenvalue weighted by Crippen LogP contribution is -2.38. The van der Waals surface area contributed by atoms with Crippen LogP contribution in [0.1, 0.15) is 23.5 Å². The Balaban J connectivity index is 1.51. The molecule has 26 heavy (non-hydrogen) atoms. The van der Waals surface area contributed by atoms with Crippen molar-refractivity contribution >= 4 is 11.7 Å². The summed E-state index contributed by atoms with van der Waals surface area (Å²) in [5.74, 6) is 1.45. The minimum atomic E-state index is -0.0352. The van der Waals surface area contributed by atoms with E-state index < -0.39 is 0 Å². The van der Waals surface area contributed by atoms with E-state index >= 15 is 0 Å². The number of hydrogen-bond donors (Lipinski definition) is 1. The lowest BCUT2D eigenvalue weighted by Gasteiger charge is -2.27. The molecule has 1 saturated heterocycles. The normalized spacial score (nSPS) is 20.5. The van der Waals surface area contributed by atoms with Gasteiger partial charge in [-0.15, -0.1) is 0 Å². The van der Waals surface area contributed by atoms with E-state index in [-0.39, 0.29) is 11.8 Å². The van der Waals surface area contributed by atoms with Crippen molar-refractivity contribution in [2.24, 2.45) is 7.05 Å². The SMILES string of the molecule is Cn1cc2c(n1)NC(=O)CC2c1ccccc1OCCN1CCOCC1. The fourth-order valence-corrected chi connectivity index (χ4v) is 3.62. The number of ether oxygens (including phenoxy) is 2. The van der Waals surface area contributed by atoms with E-state index in [9.17, 15) is 4.79 Å². The maximum atomic E-state index is 12.1. The highest BCUT2D eigenvalue weighted by Gasteiger charge is 2.30. The fourth-order valence-electron chi connectivity index (χ4n) is 3.62. The topological polar surface area (TPSA) is 68.6 Å². The van der Waals surface area contributed by atoms with Crippen LogP contribution in [-0.2, 0) is 16.6 Å². The molecule has 0 aliphatic carbocycles. The molecule has 0 bridgehead atoms. The number of nitrogens with zero attached hydrogens (tertiary/aromatic N) is 3. The van der Waals surface area contributed by atoms with Crippen LogP contribution in [0.15, 0.2) is 30.5 Å². The first-order valence-electron chi connectivity index (χ1n) is 9.06. The second kappa shape index (κ2) is 7.47. The molecule has 7 heteroatoms. The molecule has 1 aromatic heterocycles. The number of aromatic nitrogens is 2. The van der Waals surface area contributed by atoms with Gasteiger partial charge < -0.3 is 14.8 Å². The van der Waals surface area contributed by atoms with Crippen LogP contribution in [0.5, 0.6) is 5.75 Å². The van der Waals surface area contributed by atoms with Gasteiger partial charge in [0.05, 0.1) is 13.2 Å². The number of carbonyl (C=O) groups is 1. The molecule has 4 rings (SSSR count). The molecule has 2 aromatic rings. The number of morpholine rings is 1. The molecular formula is C19H24N4O3. The van der Waals surface area contributed by atoms with Crippen molar-refractivity contribution in [3.8, 4) is 5.75 Å². The highest BCUT2D eigenvalue weighted by molar-refractivity contribution is 5.94. The maximum absolute atomic E-state index is 12.1. The van der Waals surface area contributed by atoms with Gasteiger partial charge in [-0.2, -0.15) is 5.10 Å². The van der Waals surface area contributed by atoms with Gasteiger partial charge in [0.2, 0.25) is 5.91 Å². The Morgan fingerprint density at radius 3 is 2.92 bits per heavy atom. The summed E-state index contributed by atoms with van der Waals surface area (Å²) in [6.45, 7) is 4.98. The van der Waals surface area contributed by atoms with Gasteiger partial charge in [-0.3, -0.25) is 14.4 Å². The van der Waals surface area contributed by atoms with E-state index in [4.69, 9.17) is 9.47 Å². The zero-order chi connectivity index (χ0) is 17.9. The largest absolute Gasteiger partial charge is 0.492 e. The smallest absolute Gasteiger partial charge is 0.226 e. The average Bonchev–Trinajstić information content (AvgIpc) is 3.02. The van der Waals surface area contributed by atoms with E-state index in [1.54, 1.807) is 4.68 Å². The molecule has 1 aromatic carbocycles. The number of rotatable bonds is 5. The van der Waals surface area contributed by atoms with Gasteiger partial charge in [0.1, 0.15) is 12.4 Å². The van der Waals surface area contributed by atoms with E-state index in [1.807, 2.05) is 37.5 Å². The molecule has 7 nitrogen and oxygen atoms in total. The highest BCUT2D eigenvalue weighted by Crippen LogP contribution is 2.40. The molecule has 1 N–H and O–H groups in total. The lowest BCUT2D eigenvalue weighted by atomic mass is 9.87. The van der Waals surface area contributed by atoms with E-state index in [2.05, 4.69) is 15.3 Å². The van der Waals surface area contributed by atoms with Crippen LogP contribution in [0, 0.1) is 0 Å². The molecule has 2 aliphatic rings. The van der Waals surface area contributed by atoms with Gasteiger partial charge in [0.25, 0.3) is 0 Å². The minimum Gasteiger partial charge on any atom is -0.492 e. The van der Waals surface area contributed by atoms with Crippen LogP contribution in [0.2, 0.25) is 0 Å². The van der Waals surface area contributed by atoms with E-state index in [0.29, 0.717) is 18.8 Å². The summed E-state index contributed by atoms with van der Waals surface area (Å²) in [5.41, 5.74) is 2.08. The summed E-state index contributed by atoms with van der Waals surface area (Å²) in [7, 11) is 1.87. The van der Waals surface area contributed by atoms with Gasteiger partial charge in [-0.1, -0.05) is 18.2 Å². The molecule has 1 atom stereocenters. The third-order valence-electron chi connectivity index (χ3n) is 4.94. The summed E-state index contributed by atoms with van der Waals surface area (Å²) < 4.78 is 13.2. The van der Waals surface area contributed by atoms with Gasteiger partial charge in [-0.25, -0.2) is 0 Å². The number of para-hydroxylation sites is 1. The molecule has 1 amide bonds. The Kier molecular flexibility index (Phi) is 4.90. The Labute approximate surface area is 152 Å². The van der Waals surface area contributed by atoms with Crippen molar-refractivity contribution in [2.75, 3.05) is 44.8 Å². The number of carbonyl (C=O) groups excluding carboxylic acids is 1. The number of amides is 1. The molecule has 3 heterocycles. The first-order chi connectivity index (χ1) is 12.7. The van der Waals surface area contributed by atoms with Gasteiger partial charge in [-0.05, 0) is 6.07 Å². The summed E-state index contributed by atoms with van der Waals surface area (Å²) in [5, 5.41) is 7.21. The molecule has 0 saturated carbocycles. The maximum Gasteiger partial charge on any atom is 0.226 e. The Morgan fingerprint density at radius 2 is 2.08 bits per heavy atom. The fraction of sp³-hybridized carbons (Fsp3) is 0.474. The van der Waals surface area contributed by atoms with Crippen molar-refractivity contribution in [3.63, 3.8) is 0 Å². The van der Waals surface area contributed by atoms with Gasteiger partial charge >= 0.3 is 0 Å². The third kappa shape index (κ3) is 3.59. The van der Waals surface area contributed by atoms with Crippen molar-refractivity contribution in [1.29, 1.82) is 0 Å². The molecule has 0 radical (unpaired) electrons. The number of aryl methyl sites for hydroxylation is 1. The number of hydrogen-bond acceptors (Lipinski definition) is 5. The number of benzene rings is 1. The second-order valence-corrected chi connectivity index (χ2v) is 6.75. The molecule has 1 unspecified atom stereocenters. The van der Waals surface area contributed by atoms with E-state index in [1.165, 1.54) is 0 Å².